The maximum atomic E-state index is 12.6. The number of alkyl halides is 3. The van der Waals surface area contributed by atoms with Crippen LogP contribution >= 0.6 is 0 Å². The molecule has 27 heavy (non-hydrogen) atoms. The number of halogens is 3. The smallest absolute Gasteiger partial charge is 0.490 e. The molecule has 1 N–H and O–H groups in total. The minimum Gasteiger partial charge on any atom is -0.490 e. The Balaban J connectivity index is 2.24. The monoisotopic (exact) mass is 404 g/mol. The third kappa shape index (κ3) is 4.22. The van der Waals surface area contributed by atoms with E-state index < -0.39 is 31.3 Å². The van der Waals surface area contributed by atoms with Crippen molar-refractivity contribution in [2.24, 2.45) is 5.41 Å². The van der Waals surface area contributed by atoms with Crippen molar-refractivity contribution in [1.29, 1.82) is 0 Å². The lowest BCUT2D eigenvalue weighted by atomic mass is 9.73. The van der Waals surface area contributed by atoms with Crippen molar-refractivity contribution < 1.29 is 31.4 Å². The SMILES string of the molecule is CC(C)(C)C(O)(COc1ccc(S(=O)(=O)C(F)(F)F)cc1)c1cncnc1. The Kier molecular flexibility index (Phi) is 5.53. The molecule has 0 amide bonds. The fourth-order valence-corrected chi connectivity index (χ4v) is 3.04. The van der Waals surface area contributed by atoms with Crippen LogP contribution in [-0.2, 0) is 15.4 Å². The molecule has 2 rings (SSSR count). The third-order valence-electron chi connectivity index (χ3n) is 4.17. The Hall–Kier alpha value is -2.20. The summed E-state index contributed by atoms with van der Waals surface area (Å²) in [5.74, 6) is 0.107. The summed E-state index contributed by atoms with van der Waals surface area (Å²) >= 11 is 0. The van der Waals surface area contributed by atoms with Gasteiger partial charge in [-0.25, -0.2) is 18.4 Å². The maximum absolute atomic E-state index is 12.6. The average Bonchev–Trinajstić information content (AvgIpc) is 2.59. The summed E-state index contributed by atoms with van der Waals surface area (Å²) in [5.41, 5.74) is -7.15. The maximum Gasteiger partial charge on any atom is 0.501 e. The molecule has 1 aromatic carbocycles. The number of hydrogen-bond acceptors (Lipinski definition) is 6. The van der Waals surface area contributed by atoms with Gasteiger partial charge >= 0.3 is 5.51 Å². The second kappa shape index (κ2) is 7.08. The van der Waals surface area contributed by atoms with Gasteiger partial charge in [0.25, 0.3) is 9.84 Å². The van der Waals surface area contributed by atoms with Gasteiger partial charge in [-0.3, -0.25) is 0 Å². The van der Waals surface area contributed by atoms with E-state index >= 15 is 0 Å². The molecule has 0 spiro atoms. The summed E-state index contributed by atoms with van der Waals surface area (Å²) in [7, 11) is -5.42. The van der Waals surface area contributed by atoms with E-state index in [-0.39, 0.29) is 12.4 Å². The molecule has 148 valence electrons. The van der Waals surface area contributed by atoms with Gasteiger partial charge in [0.15, 0.2) is 0 Å². The van der Waals surface area contributed by atoms with Gasteiger partial charge in [0.2, 0.25) is 0 Å². The second-order valence-electron chi connectivity index (χ2n) is 6.95. The first kappa shape index (κ1) is 21.1. The van der Waals surface area contributed by atoms with E-state index in [2.05, 4.69) is 9.97 Å². The molecule has 0 saturated carbocycles. The summed E-state index contributed by atoms with van der Waals surface area (Å²) < 4.78 is 66.0. The zero-order valence-corrected chi connectivity index (χ0v) is 15.7. The highest BCUT2D eigenvalue weighted by atomic mass is 32.2. The summed E-state index contributed by atoms with van der Waals surface area (Å²) in [5, 5.41) is 11.1. The van der Waals surface area contributed by atoms with E-state index in [1.165, 1.54) is 18.7 Å². The molecule has 0 radical (unpaired) electrons. The van der Waals surface area contributed by atoms with Crippen LogP contribution in [0.4, 0.5) is 13.2 Å². The Morgan fingerprint density at radius 2 is 1.56 bits per heavy atom. The highest BCUT2D eigenvalue weighted by molar-refractivity contribution is 7.92. The lowest BCUT2D eigenvalue weighted by Gasteiger charge is -2.39. The highest BCUT2D eigenvalue weighted by Crippen LogP contribution is 2.39. The van der Waals surface area contributed by atoms with Crippen LogP contribution in [0.5, 0.6) is 5.75 Å². The molecule has 1 unspecified atom stereocenters. The van der Waals surface area contributed by atoms with Crippen molar-refractivity contribution in [3.05, 3.63) is 48.5 Å². The summed E-state index contributed by atoms with van der Waals surface area (Å²) in [6, 6.07) is 3.81. The first-order chi connectivity index (χ1) is 12.3. The lowest BCUT2D eigenvalue weighted by Crippen LogP contribution is -2.45. The van der Waals surface area contributed by atoms with E-state index in [4.69, 9.17) is 4.74 Å². The van der Waals surface area contributed by atoms with Crippen LogP contribution in [0.25, 0.3) is 0 Å². The van der Waals surface area contributed by atoms with E-state index in [9.17, 15) is 26.7 Å². The Morgan fingerprint density at radius 3 is 2.00 bits per heavy atom. The first-order valence-corrected chi connectivity index (χ1v) is 9.29. The van der Waals surface area contributed by atoms with Crippen molar-refractivity contribution >= 4 is 9.84 Å². The minimum absolute atomic E-state index is 0.107. The van der Waals surface area contributed by atoms with E-state index in [1.807, 2.05) is 0 Å². The number of nitrogens with zero attached hydrogens (tertiary/aromatic N) is 2. The van der Waals surface area contributed by atoms with Crippen LogP contribution in [0.2, 0.25) is 0 Å². The molecule has 1 atom stereocenters. The fraction of sp³-hybridized carbons (Fsp3) is 0.412. The first-order valence-electron chi connectivity index (χ1n) is 7.81. The van der Waals surface area contributed by atoms with Crippen LogP contribution in [0, 0.1) is 5.41 Å². The van der Waals surface area contributed by atoms with Crippen LogP contribution in [0.15, 0.2) is 47.9 Å². The number of rotatable bonds is 5. The van der Waals surface area contributed by atoms with Gasteiger partial charge in [-0.05, 0) is 29.7 Å². The van der Waals surface area contributed by atoms with Crippen molar-refractivity contribution in [1.82, 2.24) is 9.97 Å². The van der Waals surface area contributed by atoms with Gasteiger partial charge in [0, 0.05) is 18.0 Å². The van der Waals surface area contributed by atoms with Crippen LogP contribution in [0.1, 0.15) is 26.3 Å². The molecule has 2 aromatic rings. The van der Waals surface area contributed by atoms with Gasteiger partial charge in [-0.15, -0.1) is 0 Å². The van der Waals surface area contributed by atoms with Gasteiger partial charge in [-0.1, -0.05) is 20.8 Å². The molecule has 0 aliphatic heterocycles. The Morgan fingerprint density at radius 1 is 1.04 bits per heavy atom. The topological polar surface area (TPSA) is 89.4 Å². The molecule has 10 heteroatoms. The normalized spacial score (nSPS) is 15.2. The molecule has 0 fully saturated rings. The van der Waals surface area contributed by atoms with Crippen molar-refractivity contribution in [3.63, 3.8) is 0 Å². The highest BCUT2D eigenvalue weighted by Gasteiger charge is 2.47. The van der Waals surface area contributed by atoms with Crippen LogP contribution in [0.3, 0.4) is 0 Å². The quantitative estimate of drug-likeness (QED) is 0.824. The molecule has 1 heterocycles. The molecular formula is C17H19F3N2O4S. The summed E-state index contributed by atoms with van der Waals surface area (Å²) in [4.78, 5) is 6.88. The van der Waals surface area contributed by atoms with E-state index in [0.717, 1.165) is 24.3 Å². The van der Waals surface area contributed by atoms with Gasteiger partial charge in [0.05, 0.1) is 4.90 Å². The summed E-state index contributed by atoms with van der Waals surface area (Å²) in [6.07, 6.45) is 4.20. The Bertz CT molecular complexity index is 879. The predicted octanol–water partition coefficient (Wildman–Crippen LogP) is 3.08. The zero-order valence-electron chi connectivity index (χ0n) is 14.9. The Labute approximate surface area is 155 Å². The number of benzene rings is 1. The van der Waals surface area contributed by atoms with Gasteiger partial charge in [-0.2, -0.15) is 13.2 Å². The number of sulfone groups is 1. The fourth-order valence-electron chi connectivity index (χ4n) is 2.28. The molecule has 0 aliphatic carbocycles. The molecule has 6 nitrogen and oxygen atoms in total. The lowest BCUT2D eigenvalue weighted by molar-refractivity contribution is -0.0949. The van der Waals surface area contributed by atoms with Crippen LogP contribution in [-0.4, -0.2) is 35.6 Å². The molecule has 1 aromatic heterocycles. The van der Waals surface area contributed by atoms with Gasteiger partial charge in [0.1, 0.15) is 24.3 Å². The number of aliphatic hydroxyl groups is 1. The molecule has 0 bridgehead atoms. The standard InChI is InChI=1S/C17H19F3N2O4S/c1-15(2,3)16(23,12-8-21-11-22-9-12)10-26-13-4-6-14(7-5-13)27(24,25)17(18,19)20/h4-9,11,23H,10H2,1-3H3. The van der Waals surface area contributed by atoms with Crippen molar-refractivity contribution in [2.45, 2.75) is 36.8 Å². The number of ether oxygens (including phenoxy) is 1. The predicted molar refractivity (Wildman–Crippen MR) is 90.6 cm³/mol. The van der Waals surface area contributed by atoms with Crippen LogP contribution < -0.4 is 4.74 Å². The van der Waals surface area contributed by atoms with E-state index in [1.54, 1.807) is 20.8 Å². The second-order valence-corrected chi connectivity index (χ2v) is 8.89. The molecular weight excluding hydrogens is 385 g/mol. The minimum atomic E-state index is -5.42. The van der Waals surface area contributed by atoms with Gasteiger partial charge < -0.3 is 9.84 Å². The third-order valence-corrected chi connectivity index (χ3v) is 5.67. The largest absolute Gasteiger partial charge is 0.501 e. The number of hydrogen-bond donors (Lipinski definition) is 1. The van der Waals surface area contributed by atoms with Crippen molar-refractivity contribution in [2.75, 3.05) is 6.61 Å². The van der Waals surface area contributed by atoms with E-state index in [0.29, 0.717) is 5.56 Å². The van der Waals surface area contributed by atoms with Crippen molar-refractivity contribution in [3.8, 4) is 5.75 Å². The molecule has 0 saturated heterocycles. The zero-order chi connectivity index (χ0) is 20.5. The molecule has 0 aliphatic rings. The summed E-state index contributed by atoms with van der Waals surface area (Å²) in [6.45, 7) is 5.10. The average molecular weight is 404 g/mol. The number of aromatic nitrogens is 2.